The second-order valence-corrected chi connectivity index (χ2v) is 5.99. The van der Waals surface area contributed by atoms with Crippen molar-refractivity contribution in [1.29, 1.82) is 0 Å². The van der Waals surface area contributed by atoms with Crippen LogP contribution in [-0.4, -0.2) is 35.6 Å². The van der Waals surface area contributed by atoms with Crippen molar-refractivity contribution >= 4 is 52.7 Å². The van der Waals surface area contributed by atoms with Gasteiger partial charge in [-0.1, -0.05) is 23.2 Å². The molecular weight excluding hydrogens is 381 g/mol. The van der Waals surface area contributed by atoms with Crippen LogP contribution in [0.5, 0.6) is 0 Å². The molecule has 138 valence electrons. The summed E-state index contributed by atoms with van der Waals surface area (Å²) in [7, 11) is 1.33. The van der Waals surface area contributed by atoms with E-state index in [1.54, 1.807) is 25.1 Å². The Labute approximate surface area is 160 Å². The predicted octanol–water partition coefficient (Wildman–Crippen LogP) is 3.71. The Bertz CT molecular complexity index is 816. The fourth-order valence-corrected chi connectivity index (χ4v) is 2.25. The van der Waals surface area contributed by atoms with E-state index in [9.17, 15) is 9.59 Å². The van der Waals surface area contributed by atoms with Crippen molar-refractivity contribution in [2.45, 2.75) is 13.3 Å². The van der Waals surface area contributed by atoms with Crippen LogP contribution in [0, 0.1) is 6.92 Å². The minimum atomic E-state index is -0.533. The van der Waals surface area contributed by atoms with Gasteiger partial charge in [0.25, 0.3) is 0 Å². The van der Waals surface area contributed by atoms with Gasteiger partial charge in [0.1, 0.15) is 5.82 Å². The van der Waals surface area contributed by atoms with Crippen LogP contribution in [0.15, 0.2) is 24.3 Å². The lowest BCUT2D eigenvalue weighted by Gasteiger charge is -2.10. The number of hydrogen-bond donors (Lipinski definition) is 3. The van der Waals surface area contributed by atoms with Gasteiger partial charge in [-0.3, -0.25) is 10.1 Å². The summed E-state index contributed by atoms with van der Waals surface area (Å²) in [4.78, 5) is 31.5. The van der Waals surface area contributed by atoms with Crippen molar-refractivity contribution in [2.24, 2.45) is 0 Å². The number of nitrogens with one attached hydrogen (secondary N) is 3. The third-order valence-corrected chi connectivity index (χ3v) is 3.86. The Morgan fingerprint density at radius 1 is 1.12 bits per heavy atom. The fraction of sp³-hybridized carbons (Fsp3) is 0.250. The molecule has 2 aromatic rings. The summed E-state index contributed by atoms with van der Waals surface area (Å²) in [5, 5.41) is 8.83. The van der Waals surface area contributed by atoms with E-state index in [2.05, 4.69) is 30.7 Å². The van der Waals surface area contributed by atoms with Gasteiger partial charge >= 0.3 is 12.0 Å². The largest absolute Gasteiger partial charge is 0.469 e. The number of carbonyl (C=O) groups excluding carboxylic acids is 2. The second-order valence-electron chi connectivity index (χ2n) is 5.18. The standard InChI is InChI=1S/C16H17Cl2N5O3/c1-9-7-13(19-6-5-14(24)26-2)22-15(20-9)23-16(25)21-10-3-4-11(17)12(18)8-10/h3-4,7-8H,5-6H2,1-2H3,(H3,19,20,21,22,23,25). The maximum absolute atomic E-state index is 12.1. The van der Waals surface area contributed by atoms with Crippen molar-refractivity contribution in [2.75, 3.05) is 29.6 Å². The van der Waals surface area contributed by atoms with Gasteiger partial charge in [-0.05, 0) is 25.1 Å². The summed E-state index contributed by atoms with van der Waals surface area (Å²) >= 11 is 11.7. The number of urea groups is 1. The summed E-state index contributed by atoms with van der Waals surface area (Å²) in [6.07, 6.45) is 0.195. The fourth-order valence-electron chi connectivity index (χ4n) is 1.95. The van der Waals surface area contributed by atoms with Gasteiger partial charge in [0, 0.05) is 24.0 Å². The lowest BCUT2D eigenvalue weighted by molar-refractivity contribution is -0.140. The molecule has 0 aliphatic rings. The summed E-state index contributed by atoms with van der Waals surface area (Å²) in [6, 6.07) is 5.88. The van der Waals surface area contributed by atoms with Crippen LogP contribution in [0.4, 0.5) is 22.2 Å². The molecule has 0 aliphatic carbocycles. The lowest BCUT2D eigenvalue weighted by atomic mass is 10.3. The van der Waals surface area contributed by atoms with Crippen molar-refractivity contribution in [3.05, 3.63) is 40.0 Å². The zero-order valence-electron chi connectivity index (χ0n) is 14.1. The average molecular weight is 398 g/mol. The first kappa shape index (κ1) is 19.7. The molecule has 1 aromatic heterocycles. The molecule has 8 nitrogen and oxygen atoms in total. The van der Waals surface area contributed by atoms with Crippen LogP contribution >= 0.6 is 23.2 Å². The van der Waals surface area contributed by atoms with E-state index in [-0.39, 0.29) is 18.3 Å². The number of halogens is 2. The molecule has 1 heterocycles. The number of aromatic nitrogens is 2. The molecule has 3 N–H and O–H groups in total. The average Bonchev–Trinajstić information content (AvgIpc) is 2.57. The Hall–Kier alpha value is -2.58. The van der Waals surface area contributed by atoms with Crippen LogP contribution in [0.2, 0.25) is 10.0 Å². The smallest absolute Gasteiger partial charge is 0.326 e. The molecule has 26 heavy (non-hydrogen) atoms. The minimum absolute atomic E-state index is 0.114. The summed E-state index contributed by atoms with van der Waals surface area (Å²) in [5.41, 5.74) is 1.12. The molecule has 0 atom stereocenters. The van der Waals surface area contributed by atoms with Crippen molar-refractivity contribution in [3.63, 3.8) is 0 Å². The van der Waals surface area contributed by atoms with Gasteiger partial charge in [-0.2, -0.15) is 4.98 Å². The summed E-state index contributed by atoms with van der Waals surface area (Å²) in [5.74, 6) is 0.261. The molecule has 2 amide bonds. The minimum Gasteiger partial charge on any atom is -0.469 e. The van der Waals surface area contributed by atoms with Gasteiger partial charge in [0.15, 0.2) is 0 Å². The number of aryl methyl sites for hydroxylation is 1. The van der Waals surface area contributed by atoms with E-state index in [0.29, 0.717) is 33.8 Å². The van der Waals surface area contributed by atoms with Gasteiger partial charge in [-0.25, -0.2) is 9.78 Å². The van der Waals surface area contributed by atoms with Gasteiger partial charge in [-0.15, -0.1) is 0 Å². The number of benzene rings is 1. The molecule has 0 radical (unpaired) electrons. The third kappa shape index (κ3) is 6.05. The van der Waals surface area contributed by atoms with Crippen molar-refractivity contribution in [3.8, 4) is 0 Å². The van der Waals surface area contributed by atoms with Crippen molar-refractivity contribution in [1.82, 2.24) is 9.97 Å². The number of hydrogen-bond acceptors (Lipinski definition) is 6. The van der Waals surface area contributed by atoms with Gasteiger partial charge < -0.3 is 15.4 Å². The number of rotatable bonds is 6. The first-order valence-electron chi connectivity index (χ1n) is 7.57. The molecule has 0 bridgehead atoms. The van der Waals surface area contributed by atoms with Crippen LogP contribution in [-0.2, 0) is 9.53 Å². The normalized spacial score (nSPS) is 10.2. The highest BCUT2D eigenvalue weighted by molar-refractivity contribution is 6.42. The number of ether oxygens (including phenoxy) is 1. The molecule has 0 aliphatic heterocycles. The van der Waals surface area contributed by atoms with E-state index in [1.165, 1.54) is 13.2 Å². The molecule has 0 saturated heterocycles. The van der Waals surface area contributed by atoms with E-state index in [1.807, 2.05) is 0 Å². The number of methoxy groups -OCH3 is 1. The number of esters is 1. The quantitative estimate of drug-likeness (QED) is 0.641. The summed E-state index contributed by atoms with van der Waals surface area (Å²) < 4.78 is 4.57. The molecule has 10 heteroatoms. The SMILES string of the molecule is COC(=O)CCNc1cc(C)nc(NC(=O)Nc2ccc(Cl)c(Cl)c2)n1. The van der Waals surface area contributed by atoms with Gasteiger partial charge in [0.2, 0.25) is 5.95 Å². The molecule has 2 rings (SSSR count). The van der Waals surface area contributed by atoms with E-state index >= 15 is 0 Å². The van der Waals surface area contributed by atoms with E-state index in [4.69, 9.17) is 23.2 Å². The maximum atomic E-state index is 12.1. The van der Waals surface area contributed by atoms with E-state index in [0.717, 1.165) is 0 Å². The van der Waals surface area contributed by atoms with Crippen LogP contribution in [0.3, 0.4) is 0 Å². The Morgan fingerprint density at radius 3 is 2.58 bits per heavy atom. The van der Waals surface area contributed by atoms with E-state index < -0.39 is 6.03 Å². The zero-order valence-corrected chi connectivity index (χ0v) is 15.6. The molecule has 1 aromatic carbocycles. The molecule has 0 fully saturated rings. The molecule has 0 spiro atoms. The predicted molar refractivity (Wildman–Crippen MR) is 101 cm³/mol. The second kappa shape index (κ2) is 9.21. The topological polar surface area (TPSA) is 105 Å². The molecule has 0 unspecified atom stereocenters. The van der Waals surface area contributed by atoms with Crippen LogP contribution in [0.1, 0.15) is 12.1 Å². The first-order chi connectivity index (χ1) is 12.4. The Morgan fingerprint density at radius 2 is 1.88 bits per heavy atom. The van der Waals surface area contributed by atoms with Crippen molar-refractivity contribution < 1.29 is 14.3 Å². The summed E-state index contributed by atoms with van der Waals surface area (Å²) in [6.45, 7) is 2.10. The number of nitrogens with zero attached hydrogens (tertiary/aromatic N) is 2. The lowest BCUT2D eigenvalue weighted by Crippen LogP contribution is -2.21. The highest BCUT2D eigenvalue weighted by Crippen LogP contribution is 2.25. The monoisotopic (exact) mass is 397 g/mol. The third-order valence-electron chi connectivity index (χ3n) is 3.12. The Balaban J connectivity index is 1.98. The highest BCUT2D eigenvalue weighted by atomic mass is 35.5. The van der Waals surface area contributed by atoms with Gasteiger partial charge in [0.05, 0.1) is 23.6 Å². The zero-order chi connectivity index (χ0) is 19.1. The number of carbonyl (C=O) groups is 2. The highest BCUT2D eigenvalue weighted by Gasteiger charge is 2.09. The first-order valence-corrected chi connectivity index (χ1v) is 8.32. The molecule has 0 saturated carbocycles. The Kier molecular flexibility index (Phi) is 6.99. The van der Waals surface area contributed by atoms with Crippen LogP contribution < -0.4 is 16.0 Å². The van der Waals surface area contributed by atoms with Crippen LogP contribution in [0.25, 0.3) is 0 Å². The number of amides is 2. The maximum Gasteiger partial charge on any atom is 0.326 e. The number of anilines is 3. The molecular formula is C16H17Cl2N5O3.